The molecular weight excluding hydrogens is 450 g/mol. The van der Waals surface area contributed by atoms with Crippen LogP contribution in [-0.4, -0.2) is 69.6 Å². The maximum atomic E-state index is 13.4. The third kappa shape index (κ3) is 3.38. The van der Waals surface area contributed by atoms with Crippen molar-refractivity contribution in [3.05, 3.63) is 28.3 Å². The average molecular weight is 474 g/mol. The molecule has 0 saturated carbocycles. The Balaban J connectivity index is 1.58. The van der Waals surface area contributed by atoms with E-state index in [2.05, 4.69) is 5.32 Å². The van der Waals surface area contributed by atoms with Gasteiger partial charge in [-0.3, -0.25) is 4.79 Å². The van der Waals surface area contributed by atoms with Gasteiger partial charge in [0.15, 0.2) is 0 Å². The first-order valence-corrected chi connectivity index (χ1v) is 11.2. The minimum Gasteiger partial charge on any atom is -0.480 e. The summed E-state index contributed by atoms with van der Waals surface area (Å²) in [6.07, 6.45) is 1.03. The Morgan fingerprint density at radius 1 is 1.36 bits per heavy atom. The number of nitriles is 1. The van der Waals surface area contributed by atoms with Crippen molar-refractivity contribution >= 4 is 41.2 Å². The molecule has 5 amide bonds. The smallest absolute Gasteiger partial charge is 0.332 e. The molecule has 174 valence electrons. The summed E-state index contributed by atoms with van der Waals surface area (Å²) in [5, 5.41) is 21.4. The van der Waals surface area contributed by atoms with E-state index in [9.17, 15) is 24.3 Å². The second-order valence-electron chi connectivity index (χ2n) is 8.75. The molecule has 2 bridgehead atoms. The van der Waals surface area contributed by atoms with E-state index in [-0.39, 0.29) is 29.1 Å². The fourth-order valence-corrected chi connectivity index (χ4v) is 5.22. The largest absolute Gasteiger partial charge is 0.480 e. The predicted molar refractivity (Wildman–Crippen MR) is 118 cm³/mol. The van der Waals surface area contributed by atoms with E-state index >= 15 is 0 Å². The van der Waals surface area contributed by atoms with Crippen molar-refractivity contribution in [1.82, 2.24) is 15.1 Å². The fourth-order valence-electron chi connectivity index (χ4n) is 5.01. The van der Waals surface area contributed by atoms with Crippen molar-refractivity contribution in [3.8, 4) is 6.07 Å². The highest BCUT2D eigenvalue weighted by molar-refractivity contribution is 6.33. The summed E-state index contributed by atoms with van der Waals surface area (Å²) in [5.41, 5.74) is 0.995. The number of halogens is 1. The van der Waals surface area contributed by atoms with Crippen molar-refractivity contribution in [2.24, 2.45) is 5.92 Å². The second-order valence-corrected chi connectivity index (χ2v) is 9.13. The van der Waals surface area contributed by atoms with E-state index in [0.717, 1.165) is 4.90 Å². The standard InChI is InChI=1S/C22H24ClN5O5/c1-4-10(2)17(20(30)31)25-21(32)26-9-13-7-15(26)18-19(29)28(22(33)27(13)18)14-6-5-12(8-24)16(23)11(14)3/h5-6,10,13,15,17-18H,4,7,9H2,1-3H3,(H,25,32)(H,30,31). The molecule has 3 aliphatic rings. The third-order valence-electron chi connectivity index (χ3n) is 7.00. The molecule has 3 saturated heterocycles. The van der Waals surface area contributed by atoms with Gasteiger partial charge in [-0.1, -0.05) is 31.9 Å². The lowest BCUT2D eigenvalue weighted by Crippen LogP contribution is -2.59. The molecule has 1 aromatic carbocycles. The van der Waals surface area contributed by atoms with Crippen LogP contribution in [0.5, 0.6) is 0 Å². The number of nitrogens with zero attached hydrogens (tertiary/aromatic N) is 4. The first-order chi connectivity index (χ1) is 15.6. The monoisotopic (exact) mass is 473 g/mol. The first-order valence-electron chi connectivity index (χ1n) is 10.8. The van der Waals surface area contributed by atoms with Crippen LogP contribution in [-0.2, 0) is 9.59 Å². The fraction of sp³-hybridized carbons (Fsp3) is 0.500. The van der Waals surface area contributed by atoms with Crippen molar-refractivity contribution in [2.45, 2.75) is 57.8 Å². The van der Waals surface area contributed by atoms with Crippen LogP contribution in [0.2, 0.25) is 5.02 Å². The van der Waals surface area contributed by atoms with Gasteiger partial charge in [-0.25, -0.2) is 19.3 Å². The highest BCUT2D eigenvalue weighted by atomic mass is 35.5. The molecule has 11 heteroatoms. The van der Waals surface area contributed by atoms with Crippen LogP contribution in [0.4, 0.5) is 15.3 Å². The number of imide groups is 1. The molecule has 5 atom stereocenters. The molecule has 3 fully saturated rings. The normalized spacial score (nSPS) is 25.2. The van der Waals surface area contributed by atoms with E-state index in [0.29, 0.717) is 24.1 Å². The predicted octanol–water partition coefficient (Wildman–Crippen LogP) is 2.32. The highest BCUT2D eigenvalue weighted by Crippen LogP contribution is 2.43. The minimum atomic E-state index is -1.12. The van der Waals surface area contributed by atoms with Crippen molar-refractivity contribution in [2.75, 3.05) is 11.4 Å². The molecule has 10 nitrogen and oxygen atoms in total. The van der Waals surface area contributed by atoms with Crippen LogP contribution in [0.15, 0.2) is 12.1 Å². The van der Waals surface area contributed by atoms with Gasteiger partial charge in [0.25, 0.3) is 5.91 Å². The Morgan fingerprint density at radius 2 is 2.06 bits per heavy atom. The molecule has 3 heterocycles. The van der Waals surface area contributed by atoms with E-state index in [1.54, 1.807) is 13.8 Å². The van der Waals surface area contributed by atoms with E-state index < -0.39 is 42.1 Å². The van der Waals surface area contributed by atoms with E-state index in [1.807, 2.05) is 13.0 Å². The van der Waals surface area contributed by atoms with E-state index in [4.69, 9.17) is 16.9 Å². The Hall–Kier alpha value is -3.32. The van der Waals surface area contributed by atoms with Crippen LogP contribution in [0.25, 0.3) is 0 Å². The Kier molecular flexibility index (Phi) is 5.70. The lowest BCUT2D eigenvalue weighted by atomic mass is 9.99. The number of hydrogen-bond donors (Lipinski definition) is 2. The zero-order chi connectivity index (χ0) is 24.2. The Labute approximate surface area is 195 Å². The molecule has 0 spiro atoms. The van der Waals surface area contributed by atoms with Gasteiger partial charge in [-0.2, -0.15) is 5.26 Å². The minimum absolute atomic E-state index is 0.177. The Morgan fingerprint density at radius 3 is 2.67 bits per heavy atom. The summed E-state index contributed by atoms with van der Waals surface area (Å²) in [5.74, 6) is -1.85. The summed E-state index contributed by atoms with van der Waals surface area (Å²) >= 11 is 6.24. The molecule has 2 N–H and O–H groups in total. The quantitative estimate of drug-likeness (QED) is 0.630. The summed E-state index contributed by atoms with van der Waals surface area (Å²) in [6, 6.07) is 1.15. The maximum absolute atomic E-state index is 13.4. The van der Waals surface area contributed by atoms with Crippen LogP contribution in [0.1, 0.15) is 37.8 Å². The zero-order valence-corrected chi connectivity index (χ0v) is 19.2. The number of benzene rings is 1. The summed E-state index contributed by atoms with van der Waals surface area (Å²) < 4.78 is 0. The molecule has 0 aliphatic carbocycles. The topological polar surface area (TPSA) is 134 Å². The molecule has 5 unspecified atom stereocenters. The van der Waals surface area contributed by atoms with E-state index in [1.165, 1.54) is 21.9 Å². The molecule has 0 radical (unpaired) electrons. The SMILES string of the molecule is CCC(C)C(NC(=O)N1CC2CC1C1C(=O)N(c3ccc(C#N)c(Cl)c3C)C(=O)N21)C(=O)O. The average Bonchev–Trinajstić information content (AvgIpc) is 3.45. The van der Waals surface area contributed by atoms with Crippen LogP contribution in [0, 0.1) is 24.2 Å². The lowest BCUT2D eigenvalue weighted by Gasteiger charge is -2.35. The number of aliphatic carboxylic acids is 1. The molecular formula is C22H24ClN5O5. The number of carboxylic acids is 1. The third-order valence-corrected chi connectivity index (χ3v) is 7.49. The van der Waals surface area contributed by atoms with Crippen LogP contribution < -0.4 is 10.2 Å². The number of amides is 5. The zero-order valence-electron chi connectivity index (χ0n) is 18.4. The van der Waals surface area contributed by atoms with Gasteiger partial charge in [0.05, 0.1) is 28.4 Å². The number of rotatable bonds is 5. The van der Waals surface area contributed by atoms with Gasteiger partial charge in [0, 0.05) is 6.54 Å². The number of hydrogen-bond acceptors (Lipinski definition) is 5. The van der Waals surface area contributed by atoms with Gasteiger partial charge in [-0.15, -0.1) is 0 Å². The second kappa shape index (κ2) is 8.23. The van der Waals surface area contributed by atoms with Crippen molar-refractivity contribution < 1.29 is 24.3 Å². The number of carboxylic acid groups (broad SMARTS) is 1. The number of urea groups is 2. The number of anilines is 1. The number of likely N-dealkylation sites (tertiary alicyclic amines) is 1. The van der Waals surface area contributed by atoms with Crippen molar-refractivity contribution in [3.63, 3.8) is 0 Å². The number of carbonyl (C=O) groups excluding carboxylic acids is 3. The van der Waals surface area contributed by atoms with Crippen LogP contribution in [0.3, 0.4) is 0 Å². The van der Waals surface area contributed by atoms with Crippen LogP contribution >= 0.6 is 11.6 Å². The lowest BCUT2D eigenvalue weighted by molar-refractivity contribution is -0.140. The molecule has 1 aromatic rings. The van der Waals surface area contributed by atoms with Gasteiger partial charge < -0.3 is 20.2 Å². The summed E-state index contributed by atoms with van der Waals surface area (Å²) in [4.78, 5) is 55.2. The van der Waals surface area contributed by atoms with Crippen molar-refractivity contribution in [1.29, 1.82) is 5.26 Å². The van der Waals surface area contributed by atoms with Gasteiger partial charge in [0.2, 0.25) is 0 Å². The van der Waals surface area contributed by atoms with Gasteiger partial charge >= 0.3 is 18.0 Å². The number of carbonyl (C=O) groups is 4. The number of piperazine rings is 1. The first kappa shape index (κ1) is 22.9. The molecule has 4 rings (SSSR count). The number of nitrogens with one attached hydrogen (secondary N) is 1. The molecule has 3 aliphatic heterocycles. The Bertz CT molecular complexity index is 1100. The molecule has 33 heavy (non-hydrogen) atoms. The summed E-state index contributed by atoms with van der Waals surface area (Å²) in [6.45, 7) is 5.45. The number of fused-ring (bicyclic) bond motifs is 5. The van der Waals surface area contributed by atoms with Gasteiger partial charge in [0.1, 0.15) is 18.2 Å². The highest BCUT2D eigenvalue weighted by Gasteiger charge is 2.63. The summed E-state index contributed by atoms with van der Waals surface area (Å²) in [7, 11) is 0. The maximum Gasteiger partial charge on any atom is 0.332 e. The van der Waals surface area contributed by atoms with Gasteiger partial charge in [-0.05, 0) is 37.0 Å². The molecule has 0 aromatic heterocycles.